The van der Waals surface area contributed by atoms with Crippen LogP contribution in [0.4, 0.5) is 4.79 Å². The van der Waals surface area contributed by atoms with Crippen molar-refractivity contribution in [2.24, 2.45) is 17.1 Å². The maximum absolute atomic E-state index is 13.3. The Kier molecular flexibility index (Phi) is 13.3. The average Bonchev–Trinajstić information content (AvgIpc) is 3.75. The number of likely N-dealkylation sites (tertiary alicyclic amines) is 1. The zero-order valence-corrected chi connectivity index (χ0v) is 29.1. The highest BCUT2D eigenvalue weighted by Crippen LogP contribution is 2.34. The van der Waals surface area contributed by atoms with E-state index in [2.05, 4.69) is 94.6 Å². The van der Waals surface area contributed by atoms with E-state index in [1.807, 2.05) is 20.0 Å². The van der Waals surface area contributed by atoms with Gasteiger partial charge < -0.3 is 31.0 Å². The molecule has 1 saturated heterocycles. The standard InChI is InChI=1S/C33H41N7O3.3ClH/c1-19(2)27(39-32(42)43)31(41)40-16-6-7-26(40)29-35-17-24(37-29)22-12-8-20(9-13-22)21-10-14-23(15-11-21)25-18-36-30(38-25)28(34)33(3,4)5;;;/h8-15,17-19,26-28,39H,6-7,16,34H2,1-5H3,(H,35,37)(H,36,38)(H,42,43);3*1H/t26?,27?,28-;;;/m1.../s1. The van der Waals surface area contributed by atoms with E-state index in [0.29, 0.717) is 12.4 Å². The van der Waals surface area contributed by atoms with Crippen LogP contribution in [0.3, 0.4) is 0 Å². The number of nitrogens with zero attached hydrogens (tertiary/aromatic N) is 3. The molecule has 5 rings (SSSR count). The summed E-state index contributed by atoms with van der Waals surface area (Å²) in [5, 5.41) is 11.6. The van der Waals surface area contributed by atoms with Gasteiger partial charge in [0.2, 0.25) is 5.91 Å². The van der Waals surface area contributed by atoms with Crippen molar-refractivity contribution in [3.05, 3.63) is 72.6 Å². The highest BCUT2D eigenvalue weighted by molar-refractivity contribution is 5.86. The molecule has 1 aliphatic rings. The molecule has 1 aliphatic heterocycles. The lowest BCUT2D eigenvalue weighted by Crippen LogP contribution is -2.50. The molecule has 10 nitrogen and oxygen atoms in total. The Morgan fingerprint density at radius 3 is 1.89 bits per heavy atom. The van der Waals surface area contributed by atoms with Gasteiger partial charge in [0, 0.05) is 6.54 Å². The van der Waals surface area contributed by atoms with Crippen molar-refractivity contribution in [3.63, 3.8) is 0 Å². The van der Waals surface area contributed by atoms with Gasteiger partial charge in [0.15, 0.2) is 0 Å². The number of nitrogens with two attached hydrogens (primary N) is 1. The van der Waals surface area contributed by atoms with Crippen LogP contribution in [0.1, 0.15) is 71.2 Å². The minimum atomic E-state index is -1.20. The van der Waals surface area contributed by atoms with Gasteiger partial charge in [-0.15, -0.1) is 37.2 Å². The predicted molar refractivity (Wildman–Crippen MR) is 189 cm³/mol. The molecule has 46 heavy (non-hydrogen) atoms. The first-order valence-corrected chi connectivity index (χ1v) is 14.8. The molecular formula is C33H44Cl3N7O3. The lowest BCUT2D eigenvalue weighted by molar-refractivity contribution is -0.135. The molecular weight excluding hydrogens is 649 g/mol. The molecule has 13 heteroatoms. The number of benzene rings is 2. The number of imidazole rings is 2. The van der Waals surface area contributed by atoms with Gasteiger partial charge in [-0.25, -0.2) is 14.8 Å². The molecule has 2 aromatic heterocycles. The Balaban J connectivity index is 0.00000245. The van der Waals surface area contributed by atoms with E-state index in [-0.39, 0.29) is 66.5 Å². The van der Waals surface area contributed by atoms with Crippen LogP contribution in [0.2, 0.25) is 0 Å². The number of carboxylic acid groups (broad SMARTS) is 1. The van der Waals surface area contributed by atoms with Crippen LogP contribution in [0.5, 0.6) is 0 Å². The van der Waals surface area contributed by atoms with E-state index < -0.39 is 12.1 Å². The van der Waals surface area contributed by atoms with Crippen molar-refractivity contribution in [1.82, 2.24) is 30.2 Å². The molecule has 3 atom stereocenters. The maximum atomic E-state index is 13.3. The third-order valence-corrected chi connectivity index (χ3v) is 8.21. The van der Waals surface area contributed by atoms with Crippen molar-refractivity contribution < 1.29 is 14.7 Å². The quantitative estimate of drug-likeness (QED) is 0.130. The largest absolute Gasteiger partial charge is 0.465 e. The number of carbonyl (C=O) groups excluding carboxylic acids is 1. The van der Waals surface area contributed by atoms with Crippen molar-refractivity contribution in [3.8, 4) is 33.6 Å². The minimum absolute atomic E-state index is 0. The number of amides is 2. The molecule has 2 unspecified atom stereocenters. The molecule has 6 N–H and O–H groups in total. The van der Waals surface area contributed by atoms with E-state index in [1.54, 1.807) is 11.1 Å². The fourth-order valence-corrected chi connectivity index (χ4v) is 5.53. The van der Waals surface area contributed by atoms with Crippen LogP contribution in [-0.4, -0.2) is 54.5 Å². The van der Waals surface area contributed by atoms with E-state index in [4.69, 9.17) is 5.73 Å². The van der Waals surface area contributed by atoms with Crippen LogP contribution in [0.25, 0.3) is 33.6 Å². The topological polar surface area (TPSA) is 153 Å². The first-order valence-electron chi connectivity index (χ1n) is 14.8. The summed E-state index contributed by atoms with van der Waals surface area (Å²) in [4.78, 5) is 42.2. The van der Waals surface area contributed by atoms with Crippen LogP contribution < -0.4 is 11.1 Å². The molecule has 2 amide bonds. The Bertz CT molecular complexity index is 1580. The van der Waals surface area contributed by atoms with E-state index in [1.165, 1.54) is 0 Å². The number of aromatic amines is 2. The first kappa shape index (κ1) is 38.6. The summed E-state index contributed by atoms with van der Waals surface area (Å²) in [7, 11) is 0. The van der Waals surface area contributed by atoms with Gasteiger partial charge in [-0.2, -0.15) is 0 Å². The SMILES string of the molecule is CC(C)C(NC(=O)O)C(=O)N1CCCC1c1ncc(-c2ccc(-c3ccc(-c4cnc([C@@H](N)C(C)(C)C)[nH]4)cc3)cc2)[nH]1.Cl.Cl.Cl. The number of hydrogen-bond acceptors (Lipinski definition) is 5. The van der Waals surface area contributed by atoms with Gasteiger partial charge in [0.25, 0.3) is 0 Å². The molecule has 0 radical (unpaired) electrons. The molecule has 3 heterocycles. The van der Waals surface area contributed by atoms with Crippen LogP contribution in [0, 0.1) is 11.3 Å². The Hall–Kier alpha value is -3.57. The van der Waals surface area contributed by atoms with E-state index >= 15 is 0 Å². The highest BCUT2D eigenvalue weighted by atomic mass is 35.5. The van der Waals surface area contributed by atoms with Gasteiger partial charge >= 0.3 is 6.09 Å². The van der Waals surface area contributed by atoms with Gasteiger partial charge in [-0.1, -0.05) is 83.1 Å². The second-order valence-corrected chi connectivity index (χ2v) is 12.7. The lowest BCUT2D eigenvalue weighted by Gasteiger charge is -2.29. The molecule has 1 fully saturated rings. The van der Waals surface area contributed by atoms with Gasteiger partial charge in [-0.05, 0) is 46.4 Å². The van der Waals surface area contributed by atoms with Crippen molar-refractivity contribution in [2.45, 2.75) is 65.6 Å². The molecule has 4 aromatic rings. The molecule has 0 bridgehead atoms. The Morgan fingerprint density at radius 2 is 1.39 bits per heavy atom. The number of nitrogens with one attached hydrogen (secondary N) is 3. The fourth-order valence-electron chi connectivity index (χ4n) is 5.53. The maximum Gasteiger partial charge on any atom is 0.405 e. The Morgan fingerprint density at radius 1 is 0.891 bits per heavy atom. The average molecular weight is 693 g/mol. The molecule has 0 spiro atoms. The number of hydrogen-bond donors (Lipinski definition) is 5. The number of H-pyrrole nitrogens is 2. The highest BCUT2D eigenvalue weighted by Gasteiger charge is 2.37. The first-order chi connectivity index (χ1) is 20.4. The predicted octanol–water partition coefficient (Wildman–Crippen LogP) is 7.40. The minimum Gasteiger partial charge on any atom is -0.465 e. The van der Waals surface area contributed by atoms with Gasteiger partial charge in [0.05, 0.1) is 35.9 Å². The molecule has 0 aliphatic carbocycles. The van der Waals surface area contributed by atoms with Crippen LogP contribution in [-0.2, 0) is 4.79 Å². The van der Waals surface area contributed by atoms with E-state index in [0.717, 1.165) is 52.3 Å². The molecule has 0 saturated carbocycles. The second kappa shape index (κ2) is 15.8. The van der Waals surface area contributed by atoms with Gasteiger partial charge in [-0.3, -0.25) is 4.79 Å². The monoisotopic (exact) mass is 691 g/mol. The number of rotatable bonds is 8. The summed E-state index contributed by atoms with van der Waals surface area (Å²) in [6.45, 7) is 10.6. The third kappa shape index (κ3) is 8.41. The lowest BCUT2D eigenvalue weighted by atomic mass is 9.87. The summed E-state index contributed by atoms with van der Waals surface area (Å²) >= 11 is 0. The summed E-state index contributed by atoms with van der Waals surface area (Å²) < 4.78 is 0. The molecule has 250 valence electrons. The fraction of sp³-hybridized carbons (Fsp3) is 0.394. The number of halogens is 3. The van der Waals surface area contributed by atoms with E-state index in [9.17, 15) is 14.7 Å². The zero-order valence-electron chi connectivity index (χ0n) is 26.6. The van der Waals surface area contributed by atoms with Crippen molar-refractivity contribution in [1.29, 1.82) is 0 Å². The number of carbonyl (C=O) groups is 2. The van der Waals surface area contributed by atoms with Crippen LogP contribution in [0.15, 0.2) is 60.9 Å². The summed E-state index contributed by atoms with van der Waals surface area (Å²) in [6.07, 6.45) is 4.04. The van der Waals surface area contributed by atoms with Crippen LogP contribution >= 0.6 is 37.2 Å². The second-order valence-electron chi connectivity index (χ2n) is 12.7. The van der Waals surface area contributed by atoms with Gasteiger partial charge in [0.1, 0.15) is 17.7 Å². The molecule has 2 aromatic carbocycles. The summed E-state index contributed by atoms with van der Waals surface area (Å²) in [6, 6.07) is 15.4. The third-order valence-electron chi connectivity index (χ3n) is 8.21. The summed E-state index contributed by atoms with van der Waals surface area (Å²) in [5.74, 6) is 1.12. The summed E-state index contributed by atoms with van der Waals surface area (Å²) in [5.41, 5.74) is 12.3. The normalized spacial score (nSPS) is 15.7. The van der Waals surface area contributed by atoms with Crippen molar-refractivity contribution in [2.75, 3.05) is 6.54 Å². The smallest absolute Gasteiger partial charge is 0.405 e. The Labute approximate surface area is 288 Å². The number of aromatic nitrogens is 4. The zero-order chi connectivity index (χ0) is 30.9. The van der Waals surface area contributed by atoms with Crippen molar-refractivity contribution >= 4 is 49.2 Å².